The summed E-state index contributed by atoms with van der Waals surface area (Å²) in [6.45, 7) is 3.60. The smallest absolute Gasteiger partial charge is 0.246 e. The van der Waals surface area contributed by atoms with Gasteiger partial charge >= 0.3 is 0 Å². The number of piperazine rings is 1. The first kappa shape index (κ1) is 13.1. The summed E-state index contributed by atoms with van der Waals surface area (Å²) < 4.78 is 22.7. The molecule has 1 saturated heterocycles. The lowest BCUT2D eigenvalue weighted by Crippen LogP contribution is -2.62. The number of carbonyl (C=O) groups excluding carboxylic acids is 2. The van der Waals surface area contributed by atoms with Crippen molar-refractivity contribution in [2.75, 3.05) is 12.3 Å². The fourth-order valence-electron chi connectivity index (χ4n) is 2.18. The van der Waals surface area contributed by atoms with E-state index in [-0.39, 0.29) is 30.0 Å². The second kappa shape index (κ2) is 4.38. The van der Waals surface area contributed by atoms with Gasteiger partial charge < -0.3 is 10.2 Å². The van der Waals surface area contributed by atoms with Crippen LogP contribution < -0.4 is 5.32 Å². The lowest BCUT2D eigenvalue weighted by atomic mass is 10.00. The predicted octanol–water partition coefficient (Wildman–Crippen LogP) is -0.720. The van der Waals surface area contributed by atoms with Crippen LogP contribution in [0, 0.1) is 5.92 Å². The molecular formula is C11H16N2O4S. The van der Waals surface area contributed by atoms with Crippen LogP contribution >= 0.6 is 0 Å². The molecule has 1 N–H and O–H groups in total. The van der Waals surface area contributed by atoms with Crippen molar-refractivity contribution in [1.29, 1.82) is 0 Å². The molecule has 1 fully saturated rings. The van der Waals surface area contributed by atoms with Crippen LogP contribution in [0.4, 0.5) is 0 Å². The van der Waals surface area contributed by atoms with Gasteiger partial charge in [0, 0.05) is 5.41 Å². The number of nitrogens with one attached hydrogen (secondary N) is 1. The first-order valence-corrected chi connectivity index (χ1v) is 7.52. The molecule has 6 nitrogen and oxygen atoms in total. The van der Waals surface area contributed by atoms with Crippen molar-refractivity contribution >= 4 is 21.7 Å². The van der Waals surface area contributed by atoms with Gasteiger partial charge in [0.05, 0.1) is 11.8 Å². The zero-order chi connectivity index (χ0) is 13.5. The molecule has 0 aromatic carbocycles. The van der Waals surface area contributed by atoms with Gasteiger partial charge in [-0.2, -0.15) is 0 Å². The molecule has 0 saturated carbocycles. The van der Waals surface area contributed by atoms with Gasteiger partial charge in [0.2, 0.25) is 11.8 Å². The van der Waals surface area contributed by atoms with Gasteiger partial charge in [-0.05, 0) is 12.0 Å². The van der Waals surface area contributed by atoms with Gasteiger partial charge in [-0.15, -0.1) is 0 Å². The van der Waals surface area contributed by atoms with E-state index >= 15 is 0 Å². The number of sulfone groups is 1. The molecule has 7 heteroatoms. The first-order valence-electron chi connectivity index (χ1n) is 5.81. The summed E-state index contributed by atoms with van der Waals surface area (Å²) in [5.41, 5.74) is 0. The molecule has 0 aromatic rings. The molecule has 100 valence electrons. The van der Waals surface area contributed by atoms with E-state index in [1.165, 1.54) is 11.0 Å². The third-order valence-corrected chi connectivity index (χ3v) is 4.54. The average Bonchev–Trinajstić information content (AvgIpc) is 2.61. The van der Waals surface area contributed by atoms with E-state index in [0.29, 0.717) is 0 Å². The molecule has 2 heterocycles. The average molecular weight is 272 g/mol. The van der Waals surface area contributed by atoms with Crippen LogP contribution in [-0.2, 0) is 19.4 Å². The minimum absolute atomic E-state index is 0.0220. The molecule has 18 heavy (non-hydrogen) atoms. The Morgan fingerprint density at radius 2 is 2.06 bits per heavy atom. The van der Waals surface area contributed by atoms with E-state index < -0.39 is 21.9 Å². The van der Waals surface area contributed by atoms with Gasteiger partial charge in [-0.1, -0.05) is 13.8 Å². The minimum Gasteiger partial charge on any atom is -0.343 e. The molecule has 2 aliphatic rings. The summed E-state index contributed by atoms with van der Waals surface area (Å²) in [5, 5.41) is 3.75. The zero-order valence-electron chi connectivity index (χ0n) is 10.3. The van der Waals surface area contributed by atoms with Gasteiger partial charge in [0.1, 0.15) is 12.6 Å². The molecular weight excluding hydrogens is 256 g/mol. The number of nitrogens with zero attached hydrogens (tertiary/aromatic N) is 1. The third kappa shape index (κ3) is 2.40. The standard InChI is InChI=1S/C11H16N2O4S/c1-7(2)10-11(15)13(5-9(14)12-10)8-3-4-18(16,17)6-8/h3-4,7-8,10H,5-6H2,1-2H3,(H,12,14). The molecule has 0 aromatic heterocycles. The van der Waals surface area contributed by atoms with Crippen LogP contribution in [0.5, 0.6) is 0 Å². The fourth-order valence-corrected chi connectivity index (χ4v) is 3.48. The molecule has 2 atom stereocenters. The second-order valence-corrected chi connectivity index (χ2v) is 6.91. The zero-order valence-corrected chi connectivity index (χ0v) is 11.1. The molecule has 0 radical (unpaired) electrons. The van der Waals surface area contributed by atoms with Crippen molar-refractivity contribution in [2.24, 2.45) is 5.92 Å². The maximum Gasteiger partial charge on any atom is 0.246 e. The van der Waals surface area contributed by atoms with Crippen molar-refractivity contribution in [3.8, 4) is 0 Å². The Bertz CT molecular complexity index is 509. The maximum atomic E-state index is 12.2. The molecule has 2 unspecified atom stereocenters. The van der Waals surface area contributed by atoms with Crippen molar-refractivity contribution in [1.82, 2.24) is 10.2 Å². The Kier molecular flexibility index (Phi) is 3.18. The largest absolute Gasteiger partial charge is 0.343 e. The van der Waals surface area contributed by atoms with Crippen molar-refractivity contribution in [3.05, 3.63) is 11.5 Å². The molecule has 0 spiro atoms. The van der Waals surface area contributed by atoms with E-state index in [4.69, 9.17) is 0 Å². The van der Waals surface area contributed by atoms with Crippen molar-refractivity contribution in [2.45, 2.75) is 25.9 Å². The lowest BCUT2D eigenvalue weighted by molar-refractivity contribution is -0.146. The Morgan fingerprint density at radius 1 is 1.39 bits per heavy atom. The highest BCUT2D eigenvalue weighted by atomic mass is 32.2. The van der Waals surface area contributed by atoms with E-state index in [0.717, 1.165) is 5.41 Å². The first-order chi connectivity index (χ1) is 8.30. The highest BCUT2D eigenvalue weighted by Gasteiger charge is 2.39. The van der Waals surface area contributed by atoms with E-state index in [9.17, 15) is 18.0 Å². The Hall–Kier alpha value is -1.37. The highest BCUT2D eigenvalue weighted by Crippen LogP contribution is 2.19. The Labute approximate surface area is 106 Å². The van der Waals surface area contributed by atoms with E-state index in [2.05, 4.69) is 5.32 Å². The van der Waals surface area contributed by atoms with Crippen molar-refractivity contribution in [3.63, 3.8) is 0 Å². The van der Waals surface area contributed by atoms with Crippen LogP contribution in [0.2, 0.25) is 0 Å². The van der Waals surface area contributed by atoms with Gasteiger partial charge in [-0.25, -0.2) is 8.42 Å². The molecule has 2 rings (SSSR count). The summed E-state index contributed by atoms with van der Waals surface area (Å²) in [6.07, 6.45) is 1.48. The van der Waals surface area contributed by atoms with Crippen molar-refractivity contribution < 1.29 is 18.0 Å². The number of hydrogen-bond donors (Lipinski definition) is 1. The number of amides is 2. The SMILES string of the molecule is CC(C)C1NC(=O)CN(C2C=CS(=O)(=O)C2)C1=O. The van der Waals surface area contributed by atoms with Crippen LogP contribution in [0.3, 0.4) is 0 Å². The highest BCUT2D eigenvalue weighted by molar-refractivity contribution is 7.94. The third-order valence-electron chi connectivity index (χ3n) is 3.16. The van der Waals surface area contributed by atoms with Crippen LogP contribution in [0.15, 0.2) is 11.5 Å². The number of carbonyl (C=O) groups is 2. The molecule has 2 amide bonds. The van der Waals surface area contributed by atoms with Crippen LogP contribution in [0.25, 0.3) is 0 Å². The normalized spacial score (nSPS) is 30.9. The quantitative estimate of drug-likeness (QED) is 0.719. The van der Waals surface area contributed by atoms with E-state index in [1.807, 2.05) is 13.8 Å². The fraction of sp³-hybridized carbons (Fsp3) is 0.636. The summed E-state index contributed by atoms with van der Waals surface area (Å²) in [7, 11) is -3.23. The monoisotopic (exact) mass is 272 g/mol. The van der Waals surface area contributed by atoms with Gasteiger partial charge in [0.15, 0.2) is 9.84 Å². The molecule has 2 aliphatic heterocycles. The Balaban J connectivity index is 2.20. The summed E-state index contributed by atoms with van der Waals surface area (Å²) >= 11 is 0. The lowest BCUT2D eigenvalue weighted by Gasteiger charge is -2.37. The maximum absolute atomic E-state index is 12.2. The summed E-state index contributed by atoms with van der Waals surface area (Å²) in [6, 6.07) is -1.09. The van der Waals surface area contributed by atoms with E-state index in [1.54, 1.807) is 0 Å². The molecule has 0 aliphatic carbocycles. The number of rotatable bonds is 2. The number of hydrogen-bond acceptors (Lipinski definition) is 4. The topological polar surface area (TPSA) is 83.6 Å². The van der Waals surface area contributed by atoms with Gasteiger partial charge in [-0.3, -0.25) is 9.59 Å². The second-order valence-electron chi connectivity index (χ2n) is 4.98. The Morgan fingerprint density at radius 3 is 2.56 bits per heavy atom. The van der Waals surface area contributed by atoms with Crippen LogP contribution in [0.1, 0.15) is 13.8 Å². The summed E-state index contributed by atoms with van der Waals surface area (Å²) in [4.78, 5) is 25.1. The predicted molar refractivity (Wildman–Crippen MR) is 65.2 cm³/mol. The summed E-state index contributed by atoms with van der Waals surface area (Å²) in [5.74, 6) is -0.606. The minimum atomic E-state index is -3.23. The van der Waals surface area contributed by atoms with Crippen LogP contribution in [-0.4, -0.2) is 49.5 Å². The van der Waals surface area contributed by atoms with Gasteiger partial charge in [0.25, 0.3) is 0 Å². The molecule has 0 bridgehead atoms.